The lowest BCUT2D eigenvalue weighted by atomic mass is 9.89. The molecular weight excluding hydrogens is 683 g/mol. The van der Waals surface area contributed by atoms with E-state index in [1.807, 2.05) is 6.08 Å². The molecule has 1 aromatic carbocycles. The van der Waals surface area contributed by atoms with Crippen molar-refractivity contribution < 1.29 is 37.1 Å². The van der Waals surface area contributed by atoms with Gasteiger partial charge in [0.15, 0.2) is 29.0 Å². The Hall–Kier alpha value is -2.10. The van der Waals surface area contributed by atoms with E-state index in [2.05, 4.69) is 92.0 Å². The molecular formula is C38H67NO8Si3. The number of nitrogens with zero attached hydrogens (tertiary/aromatic N) is 1. The summed E-state index contributed by atoms with van der Waals surface area (Å²) in [5.74, 6) is 0.918. The number of oxazole rings is 1. The fourth-order valence-corrected chi connectivity index (χ4v) is 8.31. The third-order valence-electron chi connectivity index (χ3n) is 9.31. The number of carbonyl (C=O) groups is 2. The van der Waals surface area contributed by atoms with E-state index in [-0.39, 0.29) is 41.1 Å². The molecule has 284 valence electrons. The maximum Gasteiger partial charge on any atom is 0.344 e. The number of benzene rings is 1. The van der Waals surface area contributed by atoms with Crippen LogP contribution in [-0.2, 0) is 23.1 Å². The second-order valence-electron chi connectivity index (χ2n) is 17.4. The molecule has 0 aliphatic carbocycles. The normalized spacial score (nSPS) is 15.0. The highest BCUT2D eigenvalue weighted by atomic mass is 28.4. The molecule has 1 aromatic heterocycles. The fourth-order valence-electron chi connectivity index (χ4n) is 5.16. The summed E-state index contributed by atoms with van der Waals surface area (Å²) < 4.78 is 35.6. The van der Waals surface area contributed by atoms with Crippen molar-refractivity contribution in [3.05, 3.63) is 29.7 Å². The van der Waals surface area contributed by atoms with Crippen LogP contribution in [0.1, 0.15) is 83.0 Å². The lowest BCUT2D eigenvalue weighted by molar-refractivity contribution is -0.119. The summed E-state index contributed by atoms with van der Waals surface area (Å²) >= 11 is 0. The molecule has 3 atom stereocenters. The quantitative estimate of drug-likeness (QED) is 0.0503. The summed E-state index contributed by atoms with van der Waals surface area (Å²) in [6, 6.07) is 4.42. The van der Waals surface area contributed by atoms with Crippen molar-refractivity contribution in [3.8, 4) is 5.75 Å². The molecule has 0 spiro atoms. The van der Waals surface area contributed by atoms with Gasteiger partial charge in [-0.25, -0.2) is 9.78 Å². The number of ether oxygens (including phenoxy) is 3. The number of aromatic nitrogens is 1. The zero-order valence-corrected chi connectivity index (χ0v) is 36.6. The van der Waals surface area contributed by atoms with Crippen LogP contribution in [0.3, 0.4) is 0 Å². The topological polar surface area (TPSA) is 106 Å². The summed E-state index contributed by atoms with van der Waals surface area (Å²) in [6.07, 6.45) is 7.09. The Balaban J connectivity index is 1.93. The van der Waals surface area contributed by atoms with Gasteiger partial charge in [-0.1, -0.05) is 60.3 Å². The van der Waals surface area contributed by atoms with Crippen LogP contribution >= 0.6 is 0 Å². The standard InChI is InChI=1S/C38H67NO8Si3/c1-28(36(47-49(10,11)12)29(2)26-45-50(13,14)38(3,4)5)20-21-30(40)18-16-15-17-19-33-39-35-32(46-33)23-22-31(34(35)37(41)42-6)44-27-43-24-25-48(7,8)9/h17,19,22-23,28-29,36H,15-16,18,20-21,24-27H2,1-14H3/b19-17+/t28-,29-,36+/m1/s1. The molecule has 0 aliphatic rings. The summed E-state index contributed by atoms with van der Waals surface area (Å²) in [5.41, 5.74) is 1.04. The molecule has 12 heteroatoms. The van der Waals surface area contributed by atoms with E-state index in [0.29, 0.717) is 55.2 Å². The van der Waals surface area contributed by atoms with Crippen molar-refractivity contribution in [2.75, 3.05) is 27.1 Å². The van der Waals surface area contributed by atoms with E-state index in [4.69, 9.17) is 27.5 Å². The largest absolute Gasteiger partial charge is 0.467 e. The average molecular weight is 750 g/mol. The van der Waals surface area contributed by atoms with E-state index < -0.39 is 30.7 Å². The third-order valence-corrected chi connectivity index (χ3v) is 16.5. The van der Waals surface area contributed by atoms with Gasteiger partial charge in [-0.2, -0.15) is 0 Å². The van der Waals surface area contributed by atoms with Gasteiger partial charge in [0.1, 0.15) is 22.6 Å². The molecule has 0 fully saturated rings. The molecule has 9 nitrogen and oxygen atoms in total. The van der Waals surface area contributed by atoms with Gasteiger partial charge in [-0.3, -0.25) is 4.79 Å². The first kappa shape index (κ1) is 44.1. The second kappa shape index (κ2) is 19.1. The van der Waals surface area contributed by atoms with Crippen molar-refractivity contribution in [1.82, 2.24) is 4.98 Å². The van der Waals surface area contributed by atoms with Crippen LogP contribution in [-0.4, -0.2) is 74.7 Å². The Labute approximate surface area is 305 Å². The van der Waals surface area contributed by atoms with Crippen molar-refractivity contribution in [3.63, 3.8) is 0 Å². The highest BCUT2D eigenvalue weighted by Gasteiger charge is 2.39. The molecule has 50 heavy (non-hydrogen) atoms. The molecule has 0 aliphatic heterocycles. The van der Waals surface area contributed by atoms with Crippen LogP contribution in [0.2, 0.25) is 63.5 Å². The first-order valence-electron chi connectivity index (χ1n) is 18.3. The molecule has 2 rings (SSSR count). The maximum absolute atomic E-state index is 12.9. The average Bonchev–Trinajstić information content (AvgIpc) is 3.41. The van der Waals surface area contributed by atoms with Crippen molar-refractivity contribution in [2.45, 2.75) is 136 Å². The number of fused-ring (bicyclic) bond motifs is 1. The van der Waals surface area contributed by atoms with Crippen LogP contribution in [0.4, 0.5) is 0 Å². The van der Waals surface area contributed by atoms with Crippen LogP contribution in [0.5, 0.6) is 5.75 Å². The summed E-state index contributed by atoms with van der Waals surface area (Å²) in [7, 11) is -3.55. The molecule has 0 unspecified atom stereocenters. The number of hydrogen-bond acceptors (Lipinski definition) is 9. The van der Waals surface area contributed by atoms with E-state index >= 15 is 0 Å². The van der Waals surface area contributed by atoms with Crippen molar-refractivity contribution >= 4 is 53.6 Å². The highest BCUT2D eigenvalue weighted by molar-refractivity contribution is 6.76. The lowest BCUT2D eigenvalue weighted by Gasteiger charge is -2.40. The molecule has 1 heterocycles. The maximum atomic E-state index is 12.9. The Morgan fingerprint density at radius 2 is 1.66 bits per heavy atom. The minimum absolute atomic E-state index is 0.0283. The number of Topliss-reactive ketones (excluding diaryl/α,β-unsaturated/α-hetero) is 1. The van der Waals surface area contributed by atoms with E-state index in [1.54, 1.807) is 18.2 Å². The number of carbonyl (C=O) groups excluding carboxylic acids is 2. The fraction of sp³-hybridized carbons (Fsp3) is 0.711. The van der Waals surface area contributed by atoms with Crippen molar-refractivity contribution in [2.24, 2.45) is 11.8 Å². The number of methoxy groups -OCH3 is 1. The minimum Gasteiger partial charge on any atom is -0.467 e. The monoisotopic (exact) mass is 749 g/mol. The molecule has 0 radical (unpaired) electrons. The van der Waals surface area contributed by atoms with Gasteiger partial charge in [-0.05, 0) is 87.2 Å². The van der Waals surface area contributed by atoms with Gasteiger partial charge in [-0.15, -0.1) is 0 Å². The minimum atomic E-state index is -1.86. The van der Waals surface area contributed by atoms with Gasteiger partial charge < -0.3 is 27.5 Å². The molecule has 0 saturated heterocycles. The Kier molecular flexibility index (Phi) is 16.8. The van der Waals surface area contributed by atoms with Crippen LogP contribution in [0.25, 0.3) is 17.2 Å². The second-order valence-corrected chi connectivity index (χ2v) is 32.3. The molecule has 0 saturated carbocycles. The summed E-state index contributed by atoms with van der Waals surface area (Å²) in [5, 5.41) is 0.160. The van der Waals surface area contributed by atoms with Gasteiger partial charge in [0.2, 0.25) is 5.89 Å². The summed E-state index contributed by atoms with van der Waals surface area (Å²) in [6.45, 7) is 30.7. The molecule has 0 amide bonds. The smallest absolute Gasteiger partial charge is 0.344 e. The number of ketones is 1. The first-order chi connectivity index (χ1) is 23.0. The van der Waals surface area contributed by atoms with Gasteiger partial charge in [0, 0.05) is 40.0 Å². The van der Waals surface area contributed by atoms with E-state index in [9.17, 15) is 9.59 Å². The number of unbranched alkanes of at least 4 members (excludes halogenated alkanes) is 1. The SMILES string of the molecule is COC(=O)c1c(OCOCC[Si](C)(C)C)ccc2oc(/C=C/CCCC(=O)CC[C@@H](C)[C@H](O[Si](C)(C)C)[C@H](C)CO[Si](C)(C)C(C)(C)C)nc12. The molecule has 0 bridgehead atoms. The first-order valence-corrected chi connectivity index (χ1v) is 28.3. The number of hydrogen-bond donors (Lipinski definition) is 0. The molecule has 2 aromatic rings. The predicted octanol–water partition coefficient (Wildman–Crippen LogP) is 10.4. The summed E-state index contributed by atoms with van der Waals surface area (Å²) in [4.78, 5) is 30.1. The van der Waals surface area contributed by atoms with Crippen LogP contribution < -0.4 is 4.74 Å². The molecule has 0 N–H and O–H groups in total. The van der Waals surface area contributed by atoms with Gasteiger partial charge in [0.05, 0.1) is 13.2 Å². The Morgan fingerprint density at radius 1 is 0.980 bits per heavy atom. The number of rotatable bonds is 22. The Bertz CT molecular complexity index is 1400. The zero-order valence-electron chi connectivity index (χ0n) is 33.6. The highest BCUT2D eigenvalue weighted by Crippen LogP contribution is 2.37. The zero-order chi connectivity index (χ0) is 37.9. The Morgan fingerprint density at radius 3 is 2.26 bits per heavy atom. The number of allylic oxidation sites excluding steroid dienone is 1. The number of esters is 1. The van der Waals surface area contributed by atoms with Crippen LogP contribution in [0.15, 0.2) is 22.6 Å². The van der Waals surface area contributed by atoms with Crippen molar-refractivity contribution in [1.29, 1.82) is 0 Å². The third kappa shape index (κ3) is 14.9. The van der Waals surface area contributed by atoms with Crippen LogP contribution in [0, 0.1) is 11.8 Å². The van der Waals surface area contributed by atoms with E-state index in [1.165, 1.54) is 7.11 Å². The lowest BCUT2D eigenvalue weighted by Crippen LogP contribution is -2.45. The van der Waals surface area contributed by atoms with E-state index in [0.717, 1.165) is 18.9 Å². The predicted molar refractivity (Wildman–Crippen MR) is 212 cm³/mol. The van der Waals surface area contributed by atoms with Gasteiger partial charge in [0.25, 0.3) is 0 Å². The van der Waals surface area contributed by atoms with Gasteiger partial charge >= 0.3 is 5.97 Å².